The van der Waals surface area contributed by atoms with E-state index in [0.29, 0.717) is 5.56 Å². The second-order valence-corrected chi connectivity index (χ2v) is 6.31. The number of anilines is 1. The van der Waals surface area contributed by atoms with Gasteiger partial charge in [-0.2, -0.15) is 18.3 Å². The first-order chi connectivity index (χ1) is 12.5. The molecule has 1 aromatic carbocycles. The number of hydrogen-bond acceptors (Lipinski definition) is 4. The molecule has 1 saturated heterocycles. The lowest BCUT2D eigenvalue weighted by molar-refractivity contribution is -0.140. The third-order valence-corrected chi connectivity index (χ3v) is 4.77. The summed E-state index contributed by atoms with van der Waals surface area (Å²) in [6.07, 6.45) is -0.487. The van der Waals surface area contributed by atoms with Crippen LogP contribution in [0.15, 0.2) is 36.7 Å². The number of hydrogen-bond donors (Lipinski definition) is 1. The zero-order chi connectivity index (χ0) is 18.3. The smallest absolute Gasteiger partial charge is 0.380 e. The van der Waals surface area contributed by atoms with Crippen LogP contribution in [0.4, 0.5) is 18.9 Å². The highest BCUT2D eigenvalue weighted by Gasteiger charge is 2.36. The molecule has 0 bridgehead atoms. The number of methoxy groups -OCH3 is 1. The van der Waals surface area contributed by atoms with Crippen LogP contribution in [0.3, 0.4) is 0 Å². The van der Waals surface area contributed by atoms with Gasteiger partial charge in [0.25, 0.3) is 0 Å². The molecule has 3 aromatic rings. The number of nitrogens with one attached hydrogen (secondary N) is 1. The van der Waals surface area contributed by atoms with Crippen molar-refractivity contribution >= 4 is 16.6 Å². The molecule has 4 rings (SSSR count). The second-order valence-electron chi connectivity index (χ2n) is 6.31. The lowest BCUT2D eigenvalue weighted by Gasteiger charge is -2.20. The largest absolute Gasteiger partial charge is 0.433 e. The molecule has 0 radical (unpaired) electrons. The monoisotopic (exact) mass is 362 g/mol. The molecular weight excluding hydrogens is 345 g/mol. The number of aromatic nitrogens is 3. The van der Waals surface area contributed by atoms with Gasteiger partial charge in [0.05, 0.1) is 17.8 Å². The Morgan fingerprint density at radius 3 is 2.85 bits per heavy atom. The number of halogens is 3. The van der Waals surface area contributed by atoms with Crippen LogP contribution in [0.5, 0.6) is 0 Å². The first-order valence-corrected chi connectivity index (χ1v) is 8.25. The molecule has 1 fully saturated rings. The van der Waals surface area contributed by atoms with Crippen LogP contribution in [0.25, 0.3) is 22.0 Å². The van der Waals surface area contributed by atoms with Crippen molar-refractivity contribution in [3.8, 4) is 11.1 Å². The highest BCUT2D eigenvalue weighted by molar-refractivity contribution is 5.95. The summed E-state index contributed by atoms with van der Waals surface area (Å²) in [5, 5.41) is 6.45. The molecule has 0 spiro atoms. The fourth-order valence-corrected chi connectivity index (χ4v) is 3.44. The average Bonchev–Trinajstić information content (AvgIpc) is 3.29. The van der Waals surface area contributed by atoms with Gasteiger partial charge >= 0.3 is 6.18 Å². The van der Waals surface area contributed by atoms with E-state index in [1.54, 1.807) is 31.5 Å². The number of nitrogens with zero attached hydrogens (tertiary/aromatic N) is 3. The van der Waals surface area contributed by atoms with E-state index in [4.69, 9.17) is 4.74 Å². The van der Waals surface area contributed by atoms with Gasteiger partial charge in [-0.25, -0.2) is 0 Å². The number of fused-ring (bicyclic) bond motifs is 1. The minimum absolute atomic E-state index is 0.0328. The minimum atomic E-state index is -4.49. The quantitative estimate of drug-likeness (QED) is 0.769. The van der Waals surface area contributed by atoms with Crippen LogP contribution in [0.2, 0.25) is 0 Å². The zero-order valence-corrected chi connectivity index (χ0v) is 14.0. The molecule has 0 saturated carbocycles. The third-order valence-electron chi connectivity index (χ3n) is 4.77. The van der Waals surface area contributed by atoms with Crippen molar-refractivity contribution in [3.05, 3.63) is 42.4 Å². The molecule has 26 heavy (non-hydrogen) atoms. The SMILES string of the molecule is CO[C@@H]1CCN(c2ccnc3ccc(-c4cn[nH]c4C(F)(F)F)cc23)C1. The number of ether oxygens (including phenoxy) is 1. The number of H-pyrrole nitrogens is 1. The lowest BCUT2D eigenvalue weighted by Crippen LogP contribution is -2.22. The summed E-state index contributed by atoms with van der Waals surface area (Å²) in [6.45, 7) is 1.58. The van der Waals surface area contributed by atoms with Gasteiger partial charge < -0.3 is 9.64 Å². The maximum Gasteiger partial charge on any atom is 0.433 e. The summed E-state index contributed by atoms with van der Waals surface area (Å²) in [5.74, 6) is 0. The Morgan fingerprint density at radius 2 is 2.12 bits per heavy atom. The predicted octanol–water partition coefficient (Wildman–Crippen LogP) is 3.87. The van der Waals surface area contributed by atoms with Crippen molar-refractivity contribution in [2.75, 3.05) is 25.1 Å². The van der Waals surface area contributed by atoms with Gasteiger partial charge in [-0.1, -0.05) is 6.07 Å². The molecular formula is C18H17F3N4O. The molecule has 2 aromatic heterocycles. The Balaban J connectivity index is 1.80. The van der Waals surface area contributed by atoms with Gasteiger partial charge in [-0.3, -0.25) is 10.1 Å². The molecule has 1 aliphatic heterocycles. The lowest BCUT2D eigenvalue weighted by atomic mass is 10.0. The maximum atomic E-state index is 13.2. The molecule has 5 nitrogen and oxygen atoms in total. The van der Waals surface area contributed by atoms with Crippen molar-refractivity contribution < 1.29 is 17.9 Å². The number of pyridine rings is 1. The number of alkyl halides is 3. The number of rotatable bonds is 3. The van der Waals surface area contributed by atoms with Crippen LogP contribution in [0.1, 0.15) is 12.1 Å². The Bertz CT molecular complexity index is 938. The van der Waals surface area contributed by atoms with Crippen molar-refractivity contribution in [3.63, 3.8) is 0 Å². The normalized spacial score (nSPS) is 18.0. The zero-order valence-electron chi connectivity index (χ0n) is 14.0. The Morgan fingerprint density at radius 1 is 1.27 bits per heavy atom. The molecule has 0 aliphatic carbocycles. The van der Waals surface area contributed by atoms with Crippen molar-refractivity contribution in [1.82, 2.24) is 15.2 Å². The molecule has 0 unspecified atom stereocenters. The fourth-order valence-electron chi connectivity index (χ4n) is 3.44. The highest BCUT2D eigenvalue weighted by atomic mass is 19.4. The van der Waals surface area contributed by atoms with Crippen LogP contribution in [-0.4, -0.2) is 41.5 Å². The molecule has 0 amide bonds. The molecule has 1 aliphatic rings. The van der Waals surface area contributed by atoms with Gasteiger partial charge in [0, 0.05) is 43.0 Å². The third kappa shape index (κ3) is 2.90. The van der Waals surface area contributed by atoms with Gasteiger partial charge in [-0.15, -0.1) is 0 Å². The van der Waals surface area contributed by atoms with E-state index in [9.17, 15) is 13.2 Å². The standard InChI is InChI=1S/C18H17F3N4O/c1-26-12-5-7-25(10-12)16-4-6-22-15-3-2-11(8-13(15)16)14-9-23-24-17(14)18(19,20)21/h2-4,6,8-9,12H,5,7,10H2,1H3,(H,23,24)/t12-/m1/s1. The summed E-state index contributed by atoms with van der Waals surface area (Å²) in [5.41, 5.74) is 1.33. The van der Waals surface area contributed by atoms with E-state index in [0.717, 1.165) is 36.1 Å². The van der Waals surface area contributed by atoms with Gasteiger partial charge in [0.15, 0.2) is 0 Å². The predicted molar refractivity (Wildman–Crippen MR) is 92.0 cm³/mol. The summed E-state index contributed by atoms with van der Waals surface area (Å²) in [6, 6.07) is 7.02. The van der Waals surface area contributed by atoms with E-state index in [1.165, 1.54) is 6.20 Å². The second kappa shape index (κ2) is 6.28. The van der Waals surface area contributed by atoms with Gasteiger partial charge in [-0.05, 0) is 30.2 Å². The van der Waals surface area contributed by atoms with Crippen molar-refractivity contribution in [1.29, 1.82) is 0 Å². The Hall–Kier alpha value is -2.61. The topological polar surface area (TPSA) is 54.0 Å². The van der Waals surface area contributed by atoms with E-state index < -0.39 is 11.9 Å². The molecule has 3 heterocycles. The van der Waals surface area contributed by atoms with Crippen LogP contribution in [-0.2, 0) is 10.9 Å². The fraction of sp³-hybridized carbons (Fsp3) is 0.333. The van der Waals surface area contributed by atoms with Crippen LogP contribution in [0, 0.1) is 0 Å². The van der Waals surface area contributed by atoms with E-state index >= 15 is 0 Å². The number of benzene rings is 1. The summed E-state index contributed by atoms with van der Waals surface area (Å²) >= 11 is 0. The van der Waals surface area contributed by atoms with Crippen LogP contribution < -0.4 is 4.90 Å². The van der Waals surface area contributed by atoms with E-state index in [1.807, 2.05) is 6.07 Å². The highest BCUT2D eigenvalue weighted by Crippen LogP contribution is 2.37. The Kier molecular flexibility index (Phi) is 4.07. The first-order valence-electron chi connectivity index (χ1n) is 8.25. The number of aromatic amines is 1. The Labute approximate surface area is 147 Å². The van der Waals surface area contributed by atoms with Crippen molar-refractivity contribution in [2.24, 2.45) is 0 Å². The van der Waals surface area contributed by atoms with E-state index in [2.05, 4.69) is 20.1 Å². The first kappa shape index (κ1) is 16.8. The van der Waals surface area contributed by atoms with Gasteiger partial charge in [0.1, 0.15) is 5.69 Å². The molecule has 136 valence electrons. The molecule has 8 heteroatoms. The van der Waals surface area contributed by atoms with Crippen molar-refractivity contribution in [2.45, 2.75) is 18.7 Å². The van der Waals surface area contributed by atoms with E-state index in [-0.39, 0.29) is 11.7 Å². The van der Waals surface area contributed by atoms with Crippen LogP contribution >= 0.6 is 0 Å². The van der Waals surface area contributed by atoms with Gasteiger partial charge in [0.2, 0.25) is 0 Å². The summed E-state index contributed by atoms with van der Waals surface area (Å²) in [4.78, 5) is 6.53. The summed E-state index contributed by atoms with van der Waals surface area (Å²) < 4.78 is 45.0. The minimum Gasteiger partial charge on any atom is -0.380 e. The summed E-state index contributed by atoms with van der Waals surface area (Å²) in [7, 11) is 1.69. The molecule has 1 N–H and O–H groups in total. The average molecular weight is 362 g/mol. The molecule has 1 atom stereocenters. The maximum absolute atomic E-state index is 13.2.